The van der Waals surface area contributed by atoms with Crippen molar-refractivity contribution in [3.8, 4) is 0 Å². The van der Waals surface area contributed by atoms with Gasteiger partial charge in [0, 0.05) is 19.0 Å². The van der Waals surface area contributed by atoms with Gasteiger partial charge < -0.3 is 5.32 Å². The van der Waals surface area contributed by atoms with Crippen LogP contribution in [-0.2, 0) is 14.9 Å². The van der Waals surface area contributed by atoms with Crippen LogP contribution in [0.1, 0.15) is 12.8 Å². The maximum Gasteiger partial charge on any atom is 0.264 e. The van der Waals surface area contributed by atoms with Crippen molar-refractivity contribution in [3.05, 3.63) is 12.3 Å². The van der Waals surface area contributed by atoms with E-state index in [-0.39, 0.29) is 30.5 Å². The first kappa shape index (κ1) is 12.9. The Kier molecular flexibility index (Phi) is 4.63. The highest BCUT2D eigenvalue weighted by Gasteiger charge is 2.15. The number of carbonyl (C=O) groups excluding carboxylic acids is 1. The lowest BCUT2D eigenvalue weighted by atomic mass is 10.1. The van der Waals surface area contributed by atoms with Gasteiger partial charge in [0.15, 0.2) is 0 Å². The van der Waals surface area contributed by atoms with Crippen LogP contribution in [0.3, 0.4) is 0 Å². The van der Waals surface area contributed by atoms with Crippen LogP contribution < -0.4 is 5.32 Å². The van der Waals surface area contributed by atoms with E-state index in [1.807, 2.05) is 0 Å². The Morgan fingerprint density at radius 1 is 1.56 bits per heavy atom. The molecular weight excluding hydrogens is 232 g/mol. The predicted octanol–water partition coefficient (Wildman–Crippen LogP) is -0.0151. The number of rotatable bonds is 5. The first-order chi connectivity index (χ1) is 7.49. The van der Waals surface area contributed by atoms with Gasteiger partial charge in [0.1, 0.15) is 0 Å². The van der Waals surface area contributed by atoms with Crippen LogP contribution in [0.2, 0.25) is 0 Å². The molecule has 0 aromatic heterocycles. The Morgan fingerprint density at radius 2 is 2.31 bits per heavy atom. The molecule has 7 heteroatoms. The number of amides is 1. The van der Waals surface area contributed by atoms with Gasteiger partial charge >= 0.3 is 0 Å². The Morgan fingerprint density at radius 3 is 2.88 bits per heavy atom. The smallest absolute Gasteiger partial charge is 0.264 e. The van der Waals surface area contributed by atoms with Crippen LogP contribution in [0.15, 0.2) is 17.3 Å². The number of nitrogens with one attached hydrogen (secondary N) is 1. The summed E-state index contributed by atoms with van der Waals surface area (Å²) in [6.07, 6.45) is 5.78. The molecule has 1 rings (SSSR count). The zero-order valence-electron chi connectivity index (χ0n) is 8.67. The van der Waals surface area contributed by atoms with Gasteiger partial charge in [-0.3, -0.25) is 14.3 Å². The molecule has 1 aliphatic rings. The van der Waals surface area contributed by atoms with Gasteiger partial charge in [-0.15, -0.1) is 0 Å². The van der Waals surface area contributed by atoms with Crippen molar-refractivity contribution in [3.63, 3.8) is 0 Å². The molecule has 0 aromatic rings. The molecular formula is C9H14N2O4S. The molecule has 1 aliphatic heterocycles. The van der Waals surface area contributed by atoms with Crippen molar-refractivity contribution in [1.29, 1.82) is 0 Å². The van der Waals surface area contributed by atoms with Crippen LogP contribution >= 0.6 is 0 Å². The van der Waals surface area contributed by atoms with Crippen LogP contribution in [0.4, 0.5) is 0 Å². The zero-order valence-corrected chi connectivity index (χ0v) is 9.48. The highest BCUT2D eigenvalue weighted by atomic mass is 32.2. The molecule has 0 saturated heterocycles. The fourth-order valence-corrected chi connectivity index (χ4v) is 1.76. The molecule has 1 heterocycles. The van der Waals surface area contributed by atoms with Gasteiger partial charge in [0.2, 0.25) is 5.91 Å². The molecule has 1 unspecified atom stereocenters. The predicted molar refractivity (Wildman–Crippen MR) is 59.8 cm³/mol. The van der Waals surface area contributed by atoms with Crippen LogP contribution in [-0.4, -0.2) is 37.4 Å². The van der Waals surface area contributed by atoms with E-state index in [0.717, 1.165) is 0 Å². The third kappa shape index (κ3) is 5.04. The van der Waals surface area contributed by atoms with Gasteiger partial charge in [-0.25, -0.2) is 0 Å². The average Bonchev–Trinajstić information content (AvgIpc) is 2.24. The zero-order chi connectivity index (χ0) is 12.0. The van der Waals surface area contributed by atoms with E-state index in [2.05, 4.69) is 10.3 Å². The van der Waals surface area contributed by atoms with E-state index in [1.165, 1.54) is 0 Å². The minimum absolute atomic E-state index is 0.177. The Balaban J connectivity index is 2.21. The topological polar surface area (TPSA) is 95.8 Å². The van der Waals surface area contributed by atoms with Crippen LogP contribution in [0.25, 0.3) is 0 Å². The summed E-state index contributed by atoms with van der Waals surface area (Å²) >= 11 is 0. The fourth-order valence-electron chi connectivity index (χ4n) is 1.25. The van der Waals surface area contributed by atoms with Crippen molar-refractivity contribution >= 4 is 22.2 Å². The number of allylic oxidation sites excluding steroid dienone is 1. The summed E-state index contributed by atoms with van der Waals surface area (Å²) in [5, 5.41) is 2.59. The number of nitrogens with zero attached hydrogens (tertiary/aromatic N) is 1. The van der Waals surface area contributed by atoms with Crippen molar-refractivity contribution in [2.45, 2.75) is 12.8 Å². The highest BCUT2D eigenvalue weighted by molar-refractivity contribution is 7.85. The number of aliphatic imine (C=N–C) groups is 1. The lowest BCUT2D eigenvalue weighted by molar-refractivity contribution is -0.122. The lowest BCUT2D eigenvalue weighted by Crippen LogP contribution is -2.33. The van der Waals surface area contributed by atoms with Crippen molar-refractivity contribution < 1.29 is 17.8 Å². The largest absolute Gasteiger partial charge is 0.355 e. The monoisotopic (exact) mass is 246 g/mol. The molecule has 2 N–H and O–H groups in total. The summed E-state index contributed by atoms with van der Waals surface area (Å²) in [6.45, 7) is 0.229. The second kappa shape index (κ2) is 5.76. The third-order valence-electron chi connectivity index (χ3n) is 2.06. The van der Waals surface area contributed by atoms with E-state index in [1.54, 1.807) is 18.5 Å². The molecule has 0 radical (unpaired) electrons. The lowest BCUT2D eigenvalue weighted by Gasteiger charge is -2.11. The number of hydrogen-bond donors (Lipinski definition) is 2. The standard InChI is InChI=1S/C9H14N2O4S/c12-9(8-3-1-4-10-7-8)11-5-2-6-16(13,14)15/h1,4,7-8H,2-3,5-6H2,(H,11,12)(H,13,14,15). The molecule has 6 nitrogen and oxygen atoms in total. The van der Waals surface area contributed by atoms with Crippen molar-refractivity contribution in [2.24, 2.45) is 10.9 Å². The fraction of sp³-hybridized carbons (Fsp3) is 0.556. The van der Waals surface area contributed by atoms with E-state index >= 15 is 0 Å². The SMILES string of the molecule is O=C(NCCCS(=O)(=O)O)C1C=NC=CC1. The van der Waals surface area contributed by atoms with E-state index in [4.69, 9.17) is 4.55 Å². The molecule has 90 valence electrons. The summed E-state index contributed by atoms with van der Waals surface area (Å²) in [7, 11) is -3.94. The Hall–Kier alpha value is -1.21. The van der Waals surface area contributed by atoms with E-state index in [0.29, 0.717) is 6.42 Å². The molecule has 0 fully saturated rings. The minimum Gasteiger partial charge on any atom is -0.355 e. The molecule has 16 heavy (non-hydrogen) atoms. The minimum atomic E-state index is -3.94. The van der Waals surface area contributed by atoms with Gasteiger partial charge in [0.25, 0.3) is 10.1 Å². The van der Waals surface area contributed by atoms with Gasteiger partial charge in [-0.1, -0.05) is 6.08 Å². The molecule has 1 atom stereocenters. The van der Waals surface area contributed by atoms with E-state index in [9.17, 15) is 13.2 Å². The molecule has 1 amide bonds. The van der Waals surface area contributed by atoms with Gasteiger partial charge in [-0.05, 0) is 12.8 Å². The Labute approximate surface area is 94.2 Å². The number of carbonyl (C=O) groups is 1. The van der Waals surface area contributed by atoms with Crippen LogP contribution in [0, 0.1) is 5.92 Å². The highest BCUT2D eigenvalue weighted by Crippen LogP contribution is 2.06. The molecule has 0 saturated carbocycles. The van der Waals surface area contributed by atoms with Crippen molar-refractivity contribution in [1.82, 2.24) is 5.32 Å². The maximum absolute atomic E-state index is 11.5. The summed E-state index contributed by atoms with van der Waals surface area (Å²) in [6, 6.07) is 0. The van der Waals surface area contributed by atoms with E-state index < -0.39 is 10.1 Å². The summed E-state index contributed by atoms with van der Waals surface area (Å²) in [5.74, 6) is -0.800. The second-order valence-corrected chi connectivity index (χ2v) is 5.03. The molecule has 0 aromatic carbocycles. The summed E-state index contributed by atoms with van der Waals surface area (Å²) in [4.78, 5) is 15.3. The van der Waals surface area contributed by atoms with Gasteiger partial charge in [-0.2, -0.15) is 8.42 Å². The van der Waals surface area contributed by atoms with Gasteiger partial charge in [0.05, 0.1) is 11.7 Å². The first-order valence-corrected chi connectivity index (χ1v) is 6.51. The average molecular weight is 246 g/mol. The summed E-state index contributed by atoms with van der Waals surface area (Å²) < 4.78 is 29.2. The molecule has 0 bridgehead atoms. The maximum atomic E-state index is 11.5. The number of hydrogen-bond acceptors (Lipinski definition) is 4. The molecule has 0 aliphatic carbocycles. The second-order valence-electron chi connectivity index (χ2n) is 3.46. The van der Waals surface area contributed by atoms with Crippen LogP contribution in [0.5, 0.6) is 0 Å². The third-order valence-corrected chi connectivity index (χ3v) is 2.87. The summed E-state index contributed by atoms with van der Waals surface area (Å²) in [5.41, 5.74) is 0. The quantitative estimate of drug-likeness (QED) is 0.526. The normalized spacial score (nSPS) is 19.7. The molecule has 0 spiro atoms. The van der Waals surface area contributed by atoms with Crippen molar-refractivity contribution in [2.75, 3.05) is 12.3 Å². The first-order valence-electron chi connectivity index (χ1n) is 4.90. The Bertz CT molecular complexity index is 400.